The van der Waals surface area contributed by atoms with Crippen molar-refractivity contribution >= 4 is 27.2 Å². The van der Waals surface area contributed by atoms with E-state index in [1.54, 1.807) is 19.1 Å². The van der Waals surface area contributed by atoms with Crippen LogP contribution in [0.2, 0.25) is 0 Å². The van der Waals surface area contributed by atoms with Crippen molar-refractivity contribution in [1.29, 1.82) is 0 Å². The van der Waals surface area contributed by atoms with Gasteiger partial charge in [-0.25, -0.2) is 8.42 Å². The largest absolute Gasteiger partial charge is 0.395 e. The summed E-state index contributed by atoms with van der Waals surface area (Å²) in [5.41, 5.74) is 6.68. The lowest BCUT2D eigenvalue weighted by Crippen LogP contribution is -2.50. The van der Waals surface area contributed by atoms with Gasteiger partial charge < -0.3 is 15.6 Å². The molecule has 21 heavy (non-hydrogen) atoms. The standard InChI is InChI=1S/C13H18N2O4S2/c1-9-2-3-10(13(14)20)6-12(9)21(17,18)15-4-5-19-8-11(15)7-16/h2-3,6,11,16H,4-5,7-8H2,1H3,(H2,14,20). The Balaban J connectivity index is 2.47. The molecule has 1 aliphatic heterocycles. The third-order valence-corrected chi connectivity index (χ3v) is 5.77. The molecule has 0 amide bonds. The van der Waals surface area contributed by atoms with Crippen molar-refractivity contribution in [3.05, 3.63) is 29.3 Å². The molecule has 0 radical (unpaired) electrons. The zero-order chi connectivity index (χ0) is 15.6. The maximum absolute atomic E-state index is 12.8. The molecule has 3 N–H and O–H groups in total. The Kier molecular flexibility index (Phi) is 4.95. The minimum Gasteiger partial charge on any atom is -0.395 e. The van der Waals surface area contributed by atoms with E-state index in [0.717, 1.165) is 0 Å². The smallest absolute Gasteiger partial charge is 0.243 e. The Labute approximate surface area is 129 Å². The number of aliphatic hydroxyl groups excluding tert-OH is 1. The van der Waals surface area contributed by atoms with E-state index in [2.05, 4.69) is 0 Å². The average Bonchev–Trinajstić information content (AvgIpc) is 2.47. The minimum absolute atomic E-state index is 0.145. The number of aryl methyl sites for hydroxylation is 1. The Morgan fingerprint density at radius 1 is 1.57 bits per heavy atom. The molecular weight excluding hydrogens is 312 g/mol. The Morgan fingerprint density at radius 3 is 2.90 bits per heavy atom. The second kappa shape index (κ2) is 6.37. The van der Waals surface area contributed by atoms with Crippen molar-refractivity contribution in [3.63, 3.8) is 0 Å². The second-order valence-electron chi connectivity index (χ2n) is 4.87. The fraction of sp³-hybridized carbons (Fsp3) is 0.462. The highest BCUT2D eigenvalue weighted by molar-refractivity contribution is 7.89. The van der Waals surface area contributed by atoms with E-state index in [1.807, 2.05) is 0 Å². The fourth-order valence-electron chi connectivity index (χ4n) is 2.26. The monoisotopic (exact) mass is 330 g/mol. The first-order valence-electron chi connectivity index (χ1n) is 6.49. The lowest BCUT2D eigenvalue weighted by atomic mass is 10.1. The van der Waals surface area contributed by atoms with Crippen LogP contribution in [0.3, 0.4) is 0 Å². The number of benzene rings is 1. The molecule has 0 saturated carbocycles. The van der Waals surface area contributed by atoms with E-state index in [4.69, 9.17) is 22.7 Å². The molecule has 116 valence electrons. The van der Waals surface area contributed by atoms with Crippen molar-refractivity contribution < 1.29 is 18.3 Å². The normalized spacial score (nSPS) is 20.4. The van der Waals surface area contributed by atoms with Gasteiger partial charge in [0, 0.05) is 12.1 Å². The number of nitrogens with zero attached hydrogens (tertiary/aromatic N) is 1. The molecule has 1 unspecified atom stereocenters. The topological polar surface area (TPSA) is 92.9 Å². The van der Waals surface area contributed by atoms with Crippen LogP contribution in [0.1, 0.15) is 11.1 Å². The van der Waals surface area contributed by atoms with Gasteiger partial charge in [0.05, 0.1) is 30.8 Å². The fourth-order valence-corrected chi connectivity index (χ4v) is 4.22. The molecule has 0 aromatic heterocycles. The van der Waals surface area contributed by atoms with Gasteiger partial charge in [0.1, 0.15) is 4.99 Å². The summed E-state index contributed by atoms with van der Waals surface area (Å²) in [7, 11) is -3.73. The van der Waals surface area contributed by atoms with Gasteiger partial charge in [-0.05, 0) is 18.6 Å². The Bertz CT molecular complexity index is 646. The predicted molar refractivity (Wildman–Crippen MR) is 82.7 cm³/mol. The van der Waals surface area contributed by atoms with E-state index in [-0.39, 0.29) is 29.6 Å². The van der Waals surface area contributed by atoms with Crippen LogP contribution in [-0.4, -0.2) is 55.2 Å². The summed E-state index contributed by atoms with van der Waals surface area (Å²) < 4.78 is 32.2. The van der Waals surface area contributed by atoms with Gasteiger partial charge in [0.25, 0.3) is 0 Å². The van der Waals surface area contributed by atoms with Crippen LogP contribution in [0.5, 0.6) is 0 Å². The summed E-state index contributed by atoms with van der Waals surface area (Å²) in [5.74, 6) is 0. The van der Waals surface area contributed by atoms with Crippen LogP contribution >= 0.6 is 12.2 Å². The summed E-state index contributed by atoms with van der Waals surface area (Å²) in [5, 5.41) is 9.36. The number of nitrogens with two attached hydrogens (primary N) is 1. The second-order valence-corrected chi connectivity index (χ2v) is 7.17. The van der Waals surface area contributed by atoms with Crippen molar-refractivity contribution in [2.24, 2.45) is 5.73 Å². The molecule has 1 fully saturated rings. The van der Waals surface area contributed by atoms with Gasteiger partial charge in [-0.2, -0.15) is 4.31 Å². The van der Waals surface area contributed by atoms with Gasteiger partial charge >= 0.3 is 0 Å². The molecule has 0 bridgehead atoms. The highest BCUT2D eigenvalue weighted by Gasteiger charge is 2.34. The zero-order valence-electron chi connectivity index (χ0n) is 11.7. The zero-order valence-corrected chi connectivity index (χ0v) is 13.3. The molecule has 0 aliphatic carbocycles. The quantitative estimate of drug-likeness (QED) is 0.756. The minimum atomic E-state index is -3.73. The van der Waals surface area contributed by atoms with Crippen LogP contribution in [-0.2, 0) is 14.8 Å². The maximum Gasteiger partial charge on any atom is 0.243 e. The van der Waals surface area contributed by atoms with Gasteiger partial charge in [-0.15, -0.1) is 0 Å². The van der Waals surface area contributed by atoms with Crippen LogP contribution < -0.4 is 5.73 Å². The number of ether oxygens (including phenoxy) is 1. The van der Waals surface area contributed by atoms with Crippen molar-refractivity contribution in [2.75, 3.05) is 26.4 Å². The summed E-state index contributed by atoms with van der Waals surface area (Å²) in [4.78, 5) is 0.306. The van der Waals surface area contributed by atoms with Crippen LogP contribution in [0, 0.1) is 6.92 Å². The first-order valence-corrected chi connectivity index (χ1v) is 8.33. The molecule has 6 nitrogen and oxygen atoms in total. The van der Waals surface area contributed by atoms with Crippen molar-refractivity contribution in [2.45, 2.75) is 17.9 Å². The molecule has 1 atom stereocenters. The molecule has 2 rings (SSSR count). The molecule has 8 heteroatoms. The molecule has 1 saturated heterocycles. The summed E-state index contributed by atoms with van der Waals surface area (Å²) in [6, 6.07) is 4.28. The Hall–Kier alpha value is -1.06. The van der Waals surface area contributed by atoms with Crippen LogP contribution in [0.4, 0.5) is 0 Å². The number of rotatable bonds is 4. The summed E-state index contributed by atoms with van der Waals surface area (Å²) in [6.45, 7) is 2.13. The maximum atomic E-state index is 12.8. The molecule has 0 spiro atoms. The number of hydrogen-bond donors (Lipinski definition) is 2. The Morgan fingerprint density at radius 2 is 2.29 bits per heavy atom. The van der Waals surface area contributed by atoms with Gasteiger partial charge in [-0.3, -0.25) is 0 Å². The van der Waals surface area contributed by atoms with E-state index >= 15 is 0 Å². The lowest BCUT2D eigenvalue weighted by Gasteiger charge is -2.33. The number of hydrogen-bond acceptors (Lipinski definition) is 5. The lowest BCUT2D eigenvalue weighted by molar-refractivity contribution is 0.0109. The molecule has 1 aromatic rings. The molecule has 1 aliphatic rings. The average molecular weight is 330 g/mol. The van der Waals surface area contributed by atoms with Crippen LogP contribution in [0.15, 0.2) is 23.1 Å². The van der Waals surface area contributed by atoms with Crippen molar-refractivity contribution in [3.8, 4) is 0 Å². The highest BCUT2D eigenvalue weighted by Crippen LogP contribution is 2.24. The third-order valence-electron chi connectivity index (χ3n) is 3.44. The number of aliphatic hydroxyl groups is 1. The molecular formula is C13H18N2O4S2. The molecule has 1 heterocycles. The van der Waals surface area contributed by atoms with E-state index in [9.17, 15) is 13.5 Å². The SMILES string of the molecule is Cc1ccc(C(N)=S)cc1S(=O)(=O)N1CCOCC1CO. The van der Waals surface area contributed by atoms with Crippen LogP contribution in [0.25, 0.3) is 0 Å². The van der Waals surface area contributed by atoms with E-state index in [1.165, 1.54) is 10.4 Å². The first kappa shape index (κ1) is 16.3. The summed E-state index contributed by atoms with van der Waals surface area (Å²) in [6.07, 6.45) is 0. The van der Waals surface area contributed by atoms with E-state index in [0.29, 0.717) is 17.7 Å². The van der Waals surface area contributed by atoms with Gasteiger partial charge in [-0.1, -0.05) is 24.4 Å². The van der Waals surface area contributed by atoms with Gasteiger partial charge in [0.15, 0.2) is 0 Å². The number of thiocarbonyl (C=S) groups is 1. The number of sulfonamides is 1. The van der Waals surface area contributed by atoms with Gasteiger partial charge in [0.2, 0.25) is 10.0 Å². The first-order chi connectivity index (χ1) is 9.87. The predicted octanol–water partition coefficient (Wildman–Crippen LogP) is 0.0110. The molecule has 1 aromatic carbocycles. The third kappa shape index (κ3) is 3.24. The highest BCUT2D eigenvalue weighted by atomic mass is 32.2. The van der Waals surface area contributed by atoms with Crippen molar-refractivity contribution in [1.82, 2.24) is 4.31 Å². The summed E-state index contributed by atoms with van der Waals surface area (Å²) >= 11 is 4.90. The number of morpholine rings is 1. The van der Waals surface area contributed by atoms with E-state index < -0.39 is 16.1 Å².